The lowest BCUT2D eigenvalue weighted by molar-refractivity contribution is -0.137. The Morgan fingerprint density at radius 2 is 1.79 bits per heavy atom. The average Bonchev–Trinajstić information content (AvgIpc) is 3.32. The molecule has 0 unspecified atom stereocenters. The number of nitriles is 1. The predicted octanol–water partition coefficient (Wildman–Crippen LogP) is 6.05. The number of methoxy groups -OCH3 is 2. The summed E-state index contributed by atoms with van der Waals surface area (Å²) in [6.45, 7) is 1.78. The van der Waals surface area contributed by atoms with Crippen molar-refractivity contribution in [2.75, 3.05) is 14.2 Å². The number of halogens is 3. The number of carbonyl (C=O) groups is 1. The summed E-state index contributed by atoms with van der Waals surface area (Å²) in [5.41, 5.74) is 2.06. The average molecular weight is 521 g/mol. The topological polar surface area (TPSA) is 100 Å². The first-order valence-corrected chi connectivity index (χ1v) is 11.4. The molecule has 4 aromatic rings. The second-order valence-corrected chi connectivity index (χ2v) is 8.42. The van der Waals surface area contributed by atoms with Gasteiger partial charge >= 0.3 is 6.18 Å². The van der Waals surface area contributed by atoms with Crippen LogP contribution in [0.5, 0.6) is 11.5 Å². The summed E-state index contributed by atoms with van der Waals surface area (Å²) in [6.07, 6.45) is 0.159. The molecule has 0 radical (unpaired) electrons. The Morgan fingerprint density at radius 3 is 2.42 bits per heavy atom. The molecule has 2 N–H and O–H groups in total. The third-order valence-electron chi connectivity index (χ3n) is 6.03. The van der Waals surface area contributed by atoms with Gasteiger partial charge in [0.05, 0.1) is 25.8 Å². The maximum atomic E-state index is 12.9. The van der Waals surface area contributed by atoms with Gasteiger partial charge < -0.3 is 19.8 Å². The highest BCUT2D eigenvalue weighted by molar-refractivity contribution is 6.04. The maximum Gasteiger partial charge on any atom is 0.416 e. The summed E-state index contributed by atoms with van der Waals surface area (Å²) in [4.78, 5) is 20.2. The number of carbonyl (C=O) groups excluding carboxylic acids is 1. The van der Waals surface area contributed by atoms with E-state index in [1.165, 1.54) is 38.6 Å². The molecule has 2 aromatic heterocycles. The summed E-state index contributed by atoms with van der Waals surface area (Å²) >= 11 is 0. The molecule has 2 heterocycles. The van der Waals surface area contributed by atoms with Gasteiger partial charge in [0.15, 0.2) is 11.5 Å². The van der Waals surface area contributed by atoms with E-state index in [0.717, 1.165) is 17.7 Å². The molecule has 1 atom stereocenters. The fourth-order valence-corrected chi connectivity index (χ4v) is 3.94. The van der Waals surface area contributed by atoms with Crippen LogP contribution in [0.1, 0.15) is 29.7 Å². The number of amides is 1. The molecule has 0 fully saturated rings. The standard InChI is InChI=1S/C28H23F3N4O3/c1-16(18-6-9-24(37-2)25(12-18)38-3)35-27(36)19(13-32)10-21-15-34-26-23(21)11-20(14-33-26)17-4-7-22(8-5-17)28(29,30)31/h4-12,14-16H,1-3H3,(H,33,34)(H,35,36)/b19-10+/t16-/m1/s1. The van der Waals surface area contributed by atoms with Gasteiger partial charge in [0.1, 0.15) is 17.3 Å². The minimum atomic E-state index is -4.43. The fraction of sp³-hybridized carbons (Fsp3) is 0.179. The number of aromatic nitrogens is 2. The van der Waals surface area contributed by atoms with E-state index in [4.69, 9.17) is 9.47 Å². The molecule has 0 spiro atoms. The normalized spacial score (nSPS) is 12.6. The molecule has 0 saturated heterocycles. The summed E-state index contributed by atoms with van der Waals surface area (Å²) in [5, 5.41) is 13.1. The highest BCUT2D eigenvalue weighted by Crippen LogP contribution is 2.32. The zero-order valence-electron chi connectivity index (χ0n) is 20.7. The number of nitrogens with one attached hydrogen (secondary N) is 2. The highest BCUT2D eigenvalue weighted by atomic mass is 19.4. The Bertz CT molecular complexity index is 1550. The van der Waals surface area contributed by atoms with Crippen LogP contribution in [-0.2, 0) is 11.0 Å². The number of alkyl halides is 3. The first-order chi connectivity index (χ1) is 18.1. The van der Waals surface area contributed by atoms with Gasteiger partial charge in [-0.05, 0) is 54.5 Å². The van der Waals surface area contributed by atoms with Crippen LogP contribution in [0, 0.1) is 11.3 Å². The van der Waals surface area contributed by atoms with Crippen molar-refractivity contribution in [2.24, 2.45) is 0 Å². The number of rotatable bonds is 7. The van der Waals surface area contributed by atoms with Gasteiger partial charge in [0.2, 0.25) is 0 Å². The number of ether oxygens (including phenoxy) is 2. The van der Waals surface area contributed by atoms with Crippen LogP contribution >= 0.6 is 0 Å². The van der Waals surface area contributed by atoms with Gasteiger partial charge in [-0.1, -0.05) is 18.2 Å². The molecule has 0 saturated carbocycles. The van der Waals surface area contributed by atoms with E-state index in [2.05, 4.69) is 15.3 Å². The van der Waals surface area contributed by atoms with Gasteiger partial charge in [0, 0.05) is 28.9 Å². The minimum Gasteiger partial charge on any atom is -0.493 e. The number of H-pyrrole nitrogens is 1. The minimum absolute atomic E-state index is 0.127. The van der Waals surface area contributed by atoms with E-state index < -0.39 is 23.7 Å². The molecule has 2 aromatic carbocycles. The van der Waals surface area contributed by atoms with Gasteiger partial charge in [-0.3, -0.25) is 4.79 Å². The third kappa shape index (κ3) is 5.47. The molecule has 0 aliphatic carbocycles. The SMILES string of the molecule is COc1ccc([C@@H](C)NC(=O)/C(C#N)=C/c2c[nH]c3ncc(-c4ccc(C(F)(F)F)cc4)cc23)cc1OC. The van der Waals surface area contributed by atoms with Crippen molar-refractivity contribution in [3.8, 4) is 28.7 Å². The van der Waals surface area contributed by atoms with E-state index in [1.807, 2.05) is 6.07 Å². The summed E-state index contributed by atoms with van der Waals surface area (Å²) in [5.74, 6) is 0.490. The molecule has 194 valence electrons. The zero-order chi connectivity index (χ0) is 27.4. The Balaban J connectivity index is 1.59. The Labute approximate surface area is 216 Å². The van der Waals surface area contributed by atoms with Crippen molar-refractivity contribution >= 4 is 23.0 Å². The molecule has 4 rings (SSSR count). The van der Waals surface area contributed by atoms with E-state index in [0.29, 0.717) is 39.2 Å². The van der Waals surface area contributed by atoms with E-state index in [9.17, 15) is 23.2 Å². The van der Waals surface area contributed by atoms with Gasteiger partial charge in [-0.2, -0.15) is 18.4 Å². The molecule has 0 aliphatic rings. The van der Waals surface area contributed by atoms with Crippen LogP contribution in [0.3, 0.4) is 0 Å². The van der Waals surface area contributed by atoms with Crippen molar-refractivity contribution in [3.63, 3.8) is 0 Å². The van der Waals surface area contributed by atoms with Crippen molar-refractivity contribution in [1.29, 1.82) is 5.26 Å². The number of nitrogens with zero attached hydrogens (tertiary/aromatic N) is 2. The Hall–Kier alpha value is -4.78. The van der Waals surface area contributed by atoms with E-state index in [-0.39, 0.29) is 5.57 Å². The predicted molar refractivity (Wildman–Crippen MR) is 136 cm³/mol. The first kappa shape index (κ1) is 26.3. The lowest BCUT2D eigenvalue weighted by Crippen LogP contribution is -2.27. The molecule has 7 nitrogen and oxygen atoms in total. The number of fused-ring (bicyclic) bond motifs is 1. The van der Waals surface area contributed by atoms with E-state index in [1.54, 1.807) is 37.4 Å². The van der Waals surface area contributed by atoms with Crippen LogP contribution in [0.4, 0.5) is 13.2 Å². The molecular formula is C28H23F3N4O3. The smallest absolute Gasteiger partial charge is 0.416 e. The molecular weight excluding hydrogens is 497 g/mol. The fourth-order valence-electron chi connectivity index (χ4n) is 3.94. The van der Waals surface area contributed by atoms with Crippen LogP contribution in [0.2, 0.25) is 0 Å². The number of pyridine rings is 1. The summed E-state index contributed by atoms with van der Waals surface area (Å²) in [6, 6.07) is 13.3. The Kier molecular flexibility index (Phi) is 7.39. The van der Waals surface area contributed by atoms with Crippen molar-refractivity contribution < 1.29 is 27.4 Å². The largest absolute Gasteiger partial charge is 0.493 e. The van der Waals surface area contributed by atoms with Gasteiger partial charge in [-0.15, -0.1) is 0 Å². The number of hydrogen-bond acceptors (Lipinski definition) is 5. The maximum absolute atomic E-state index is 12.9. The number of hydrogen-bond donors (Lipinski definition) is 2. The lowest BCUT2D eigenvalue weighted by atomic mass is 10.0. The van der Waals surface area contributed by atoms with Crippen LogP contribution < -0.4 is 14.8 Å². The third-order valence-corrected chi connectivity index (χ3v) is 6.03. The van der Waals surface area contributed by atoms with Crippen molar-refractivity contribution in [1.82, 2.24) is 15.3 Å². The molecule has 0 bridgehead atoms. The van der Waals surface area contributed by atoms with Gasteiger partial charge in [0.25, 0.3) is 5.91 Å². The molecule has 0 aliphatic heterocycles. The molecule has 38 heavy (non-hydrogen) atoms. The quantitative estimate of drug-likeness (QED) is 0.228. The van der Waals surface area contributed by atoms with E-state index >= 15 is 0 Å². The lowest BCUT2D eigenvalue weighted by Gasteiger charge is -2.16. The second-order valence-electron chi connectivity index (χ2n) is 8.42. The monoisotopic (exact) mass is 520 g/mol. The molecule has 1 amide bonds. The highest BCUT2D eigenvalue weighted by Gasteiger charge is 2.30. The van der Waals surface area contributed by atoms with Crippen LogP contribution in [0.15, 0.2) is 66.5 Å². The van der Waals surface area contributed by atoms with Crippen molar-refractivity contribution in [3.05, 3.63) is 83.2 Å². The first-order valence-electron chi connectivity index (χ1n) is 11.4. The van der Waals surface area contributed by atoms with Crippen LogP contribution in [0.25, 0.3) is 28.2 Å². The number of aromatic amines is 1. The van der Waals surface area contributed by atoms with Crippen LogP contribution in [-0.4, -0.2) is 30.1 Å². The zero-order valence-corrected chi connectivity index (χ0v) is 20.7. The molecule has 10 heteroatoms. The second kappa shape index (κ2) is 10.7. The summed E-state index contributed by atoms with van der Waals surface area (Å²) < 4.78 is 49.3. The summed E-state index contributed by atoms with van der Waals surface area (Å²) in [7, 11) is 3.04. The Morgan fingerprint density at radius 1 is 1.08 bits per heavy atom. The van der Waals surface area contributed by atoms with Crippen molar-refractivity contribution in [2.45, 2.75) is 19.1 Å². The number of benzene rings is 2. The van der Waals surface area contributed by atoms with Gasteiger partial charge in [-0.25, -0.2) is 4.98 Å².